The molecule has 0 aliphatic heterocycles. The third-order valence-corrected chi connectivity index (χ3v) is 2.81. The van der Waals surface area contributed by atoms with Gasteiger partial charge in [0.25, 0.3) is 0 Å². The molecule has 18 heavy (non-hydrogen) atoms. The highest BCUT2D eigenvalue weighted by atomic mass is 16.3. The Morgan fingerprint density at radius 2 is 1.94 bits per heavy atom. The Hall–Kier alpha value is -2.49. The van der Waals surface area contributed by atoms with E-state index in [1.165, 1.54) is 31.2 Å². The molecule has 0 unspecified atom stereocenters. The van der Waals surface area contributed by atoms with Crippen LogP contribution in [0.5, 0.6) is 5.75 Å². The molecule has 0 radical (unpaired) electrons. The van der Waals surface area contributed by atoms with Crippen LogP contribution in [0.1, 0.15) is 27.6 Å². The predicted molar refractivity (Wildman–Crippen MR) is 64.7 cm³/mol. The second kappa shape index (κ2) is 4.07. The third kappa shape index (κ3) is 1.50. The Kier molecular flexibility index (Phi) is 2.71. The van der Waals surface area contributed by atoms with E-state index in [1.807, 2.05) is 0 Å². The van der Waals surface area contributed by atoms with Gasteiger partial charge in [-0.2, -0.15) is 0 Å². The van der Waals surface area contributed by atoms with Crippen LogP contribution in [-0.4, -0.2) is 22.5 Å². The number of rotatable bonds is 2. The molecule has 1 aliphatic rings. The summed E-state index contributed by atoms with van der Waals surface area (Å²) in [5.74, 6) is -1.92. The number of fused-ring (bicyclic) bond motifs is 1. The zero-order chi connectivity index (χ0) is 13.4. The average molecular weight is 242 g/mol. The summed E-state index contributed by atoms with van der Waals surface area (Å²) in [5.41, 5.74) is -0.243. The summed E-state index contributed by atoms with van der Waals surface area (Å²) in [6.07, 6.45) is 1.20. The maximum atomic E-state index is 12.2. The molecule has 0 heterocycles. The number of aromatic hydroxyl groups is 1. The van der Waals surface area contributed by atoms with Gasteiger partial charge in [0, 0.05) is 11.1 Å². The second-order valence-corrected chi connectivity index (χ2v) is 3.91. The van der Waals surface area contributed by atoms with Gasteiger partial charge >= 0.3 is 0 Å². The molecule has 0 fully saturated rings. The van der Waals surface area contributed by atoms with Crippen LogP contribution in [0, 0.1) is 0 Å². The summed E-state index contributed by atoms with van der Waals surface area (Å²) in [6.45, 7) is 4.65. The molecule has 0 aromatic heterocycles. The standard InChI is InChI=1S/C14H10O4/c1-3-8-11(7(2)15)14(18)12-9(13(8)17)5-4-6-10(12)16/h3-6,16H,1H2,2H3. The number of phenols is 1. The number of Topliss-reactive ketones (excluding diaryl/α,β-unsaturated/α-hetero) is 3. The molecular weight excluding hydrogens is 232 g/mol. The van der Waals surface area contributed by atoms with Crippen LogP contribution < -0.4 is 0 Å². The molecule has 1 aliphatic carbocycles. The quantitative estimate of drug-likeness (QED) is 0.803. The first-order valence-corrected chi connectivity index (χ1v) is 5.28. The van der Waals surface area contributed by atoms with E-state index in [1.54, 1.807) is 0 Å². The molecule has 4 nitrogen and oxygen atoms in total. The van der Waals surface area contributed by atoms with E-state index in [2.05, 4.69) is 6.58 Å². The first-order valence-electron chi connectivity index (χ1n) is 5.28. The van der Waals surface area contributed by atoms with Crippen LogP contribution in [-0.2, 0) is 4.79 Å². The highest BCUT2D eigenvalue weighted by Crippen LogP contribution is 2.32. The van der Waals surface area contributed by atoms with Gasteiger partial charge in [-0.05, 0) is 13.0 Å². The third-order valence-electron chi connectivity index (χ3n) is 2.81. The summed E-state index contributed by atoms with van der Waals surface area (Å²) < 4.78 is 0. The lowest BCUT2D eigenvalue weighted by Gasteiger charge is -2.18. The number of hydrogen-bond donors (Lipinski definition) is 1. The van der Waals surface area contributed by atoms with Crippen molar-refractivity contribution in [3.8, 4) is 5.75 Å². The minimum Gasteiger partial charge on any atom is -0.507 e. The van der Waals surface area contributed by atoms with Gasteiger partial charge in [0.2, 0.25) is 5.78 Å². The number of ketones is 3. The number of carbonyl (C=O) groups excluding carboxylic acids is 3. The van der Waals surface area contributed by atoms with Gasteiger partial charge in [-0.25, -0.2) is 0 Å². The van der Waals surface area contributed by atoms with Gasteiger partial charge < -0.3 is 5.11 Å². The fourth-order valence-electron chi connectivity index (χ4n) is 2.02. The molecule has 0 saturated heterocycles. The van der Waals surface area contributed by atoms with Gasteiger partial charge in [0.1, 0.15) is 5.75 Å². The minimum atomic E-state index is -0.634. The van der Waals surface area contributed by atoms with Gasteiger partial charge in [-0.3, -0.25) is 14.4 Å². The molecule has 1 aromatic carbocycles. The van der Waals surface area contributed by atoms with E-state index in [4.69, 9.17) is 0 Å². The molecule has 0 saturated carbocycles. The Morgan fingerprint density at radius 1 is 1.28 bits per heavy atom. The van der Waals surface area contributed by atoms with Crippen LogP contribution in [0.25, 0.3) is 0 Å². The van der Waals surface area contributed by atoms with Crippen molar-refractivity contribution in [3.05, 3.63) is 53.1 Å². The molecule has 0 spiro atoms. The highest BCUT2D eigenvalue weighted by Gasteiger charge is 2.34. The Bertz CT molecular complexity index is 635. The van der Waals surface area contributed by atoms with E-state index in [-0.39, 0.29) is 28.0 Å². The Balaban J connectivity index is 2.83. The smallest absolute Gasteiger partial charge is 0.201 e. The summed E-state index contributed by atoms with van der Waals surface area (Å²) >= 11 is 0. The van der Waals surface area contributed by atoms with Crippen molar-refractivity contribution in [2.24, 2.45) is 0 Å². The van der Waals surface area contributed by atoms with E-state index in [9.17, 15) is 19.5 Å². The van der Waals surface area contributed by atoms with E-state index in [0.717, 1.165) is 0 Å². The lowest BCUT2D eigenvalue weighted by Crippen LogP contribution is -2.24. The predicted octanol–water partition coefficient (Wildman–Crippen LogP) is 1.84. The number of benzene rings is 1. The van der Waals surface area contributed by atoms with Crippen LogP contribution in [0.3, 0.4) is 0 Å². The van der Waals surface area contributed by atoms with Crippen LogP contribution in [0.15, 0.2) is 42.0 Å². The van der Waals surface area contributed by atoms with Crippen molar-refractivity contribution in [1.29, 1.82) is 0 Å². The van der Waals surface area contributed by atoms with Crippen LogP contribution in [0.4, 0.5) is 0 Å². The van der Waals surface area contributed by atoms with Crippen molar-refractivity contribution in [1.82, 2.24) is 0 Å². The van der Waals surface area contributed by atoms with Crippen molar-refractivity contribution in [2.45, 2.75) is 6.92 Å². The number of phenolic OH excluding ortho intramolecular Hbond substituents is 1. The molecule has 1 aromatic rings. The molecular formula is C14H10O4. The largest absolute Gasteiger partial charge is 0.507 e. The minimum absolute atomic E-state index is 0.00870. The van der Waals surface area contributed by atoms with Crippen molar-refractivity contribution >= 4 is 17.3 Å². The Morgan fingerprint density at radius 3 is 2.50 bits per heavy atom. The van der Waals surface area contributed by atoms with E-state index >= 15 is 0 Å². The molecule has 0 atom stereocenters. The summed E-state index contributed by atoms with van der Waals surface area (Å²) in [7, 11) is 0. The lowest BCUT2D eigenvalue weighted by molar-refractivity contribution is -0.113. The fraction of sp³-hybridized carbons (Fsp3) is 0.0714. The second-order valence-electron chi connectivity index (χ2n) is 3.91. The fourth-order valence-corrected chi connectivity index (χ4v) is 2.02. The van der Waals surface area contributed by atoms with Crippen LogP contribution in [0.2, 0.25) is 0 Å². The van der Waals surface area contributed by atoms with Crippen molar-refractivity contribution in [3.63, 3.8) is 0 Å². The molecule has 0 amide bonds. The van der Waals surface area contributed by atoms with Gasteiger partial charge in [0.05, 0.1) is 11.1 Å². The monoisotopic (exact) mass is 242 g/mol. The lowest BCUT2D eigenvalue weighted by atomic mass is 9.82. The van der Waals surface area contributed by atoms with Crippen molar-refractivity contribution < 1.29 is 19.5 Å². The first-order chi connectivity index (χ1) is 8.49. The molecule has 0 bridgehead atoms. The Labute approximate surface area is 103 Å². The van der Waals surface area contributed by atoms with Crippen LogP contribution >= 0.6 is 0 Å². The van der Waals surface area contributed by atoms with Crippen molar-refractivity contribution in [2.75, 3.05) is 0 Å². The number of hydrogen-bond acceptors (Lipinski definition) is 4. The average Bonchev–Trinajstić information content (AvgIpc) is 2.32. The topological polar surface area (TPSA) is 71.4 Å². The highest BCUT2D eigenvalue weighted by molar-refractivity contribution is 6.37. The summed E-state index contributed by atoms with van der Waals surface area (Å²) in [6, 6.07) is 4.22. The molecule has 1 N–H and O–H groups in total. The summed E-state index contributed by atoms with van der Waals surface area (Å²) in [5, 5.41) is 9.67. The van der Waals surface area contributed by atoms with Gasteiger partial charge in [-0.1, -0.05) is 24.8 Å². The maximum Gasteiger partial charge on any atom is 0.201 e. The molecule has 90 valence electrons. The normalized spacial score (nSPS) is 14.5. The summed E-state index contributed by atoms with van der Waals surface area (Å²) in [4.78, 5) is 35.8. The first kappa shape index (κ1) is 12.0. The van der Waals surface area contributed by atoms with E-state index < -0.39 is 17.3 Å². The van der Waals surface area contributed by atoms with E-state index in [0.29, 0.717) is 0 Å². The molecule has 2 rings (SSSR count). The van der Waals surface area contributed by atoms with Gasteiger partial charge in [-0.15, -0.1) is 0 Å². The number of allylic oxidation sites excluding steroid dienone is 3. The zero-order valence-electron chi connectivity index (χ0n) is 9.69. The zero-order valence-corrected chi connectivity index (χ0v) is 9.69. The maximum absolute atomic E-state index is 12.2. The SMILES string of the molecule is C=CC1=C(C(C)=O)C(=O)c2c(O)cccc2C1=O. The number of carbonyl (C=O) groups is 3. The van der Waals surface area contributed by atoms with Gasteiger partial charge in [0.15, 0.2) is 11.6 Å². The molecule has 4 heteroatoms.